The molecule has 0 amide bonds. The first-order valence-electron chi connectivity index (χ1n) is 7.87. The van der Waals surface area contributed by atoms with Crippen molar-refractivity contribution in [3.05, 3.63) is 40.4 Å². The maximum atomic E-state index is 12.4. The third-order valence-electron chi connectivity index (χ3n) is 4.00. The molecule has 1 atom stereocenters. The second-order valence-electron chi connectivity index (χ2n) is 5.75. The summed E-state index contributed by atoms with van der Waals surface area (Å²) < 4.78 is 11.3. The highest BCUT2D eigenvalue weighted by molar-refractivity contribution is 5.81. The standard InChI is InChI=1S/C17H18N2O5/c1-11-4-2-5-12-15(11)18-10-19(16(12)21)8-3-6-14(20)24-13-7-9-23-17(13)22/h2,4-5,10,13H,3,6-9H2,1H3/t13-/m1/s1. The molecule has 0 aliphatic carbocycles. The Balaban J connectivity index is 1.60. The number of aromatic nitrogens is 2. The Hall–Kier alpha value is -2.70. The summed E-state index contributed by atoms with van der Waals surface area (Å²) in [6.07, 6.45) is 1.67. The number of nitrogens with zero attached hydrogens (tertiary/aromatic N) is 2. The fraction of sp³-hybridized carbons (Fsp3) is 0.412. The summed E-state index contributed by atoms with van der Waals surface area (Å²) in [5.41, 5.74) is 1.51. The summed E-state index contributed by atoms with van der Waals surface area (Å²) in [5.74, 6) is -0.954. The Morgan fingerprint density at radius 2 is 2.25 bits per heavy atom. The van der Waals surface area contributed by atoms with E-state index in [9.17, 15) is 14.4 Å². The molecule has 2 heterocycles. The van der Waals surface area contributed by atoms with Gasteiger partial charge in [-0.1, -0.05) is 12.1 Å². The Morgan fingerprint density at radius 3 is 3.00 bits per heavy atom. The Labute approximate surface area is 138 Å². The van der Waals surface area contributed by atoms with E-state index in [1.807, 2.05) is 19.1 Å². The average molecular weight is 330 g/mol. The lowest BCUT2D eigenvalue weighted by Gasteiger charge is -2.09. The number of cyclic esters (lactones) is 1. The van der Waals surface area contributed by atoms with Crippen LogP contribution in [0.4, 0.5) is 0 Å². The minimum Gasteiger partial charge on any atom is -0.463 e. The number of para-hydroxylation sites is 1. The smallest absolute Gasteiger partial charge is 0.347 e. The predicted molar refractivity (Wildman–Crippen MR) is 85.4 cm³/mol. The lowest BCUT2D eigenvalue weighted by atomic mass is 10.1. The number of rotatable bonds is 5. The summed E-state index contributed by atoms with van der Waals surface area (Å²) >= 11 is 0. The van der Waals surface area contributed by atoms with Crippen LogP contribution < -0.4 is 5.56 Å². The number of benzene rings is 1. The molecule has 0 radical (unpaired) electrons. The molecule has 1 aromatic heterocycles. The molecule has 0 bridgehead atoms. The predicted octanol–water partition coefficient (Wildman–Crippen LogP) is 1.34. The van der Waals surface area contributed by atoms with Gasteiger partial charge in [0.1, 0.15) is 0 Å². The van der Waals surface area contributed by atoms with Gasteiger partial charge in [0.25, 0.3) is 5.56 Å². The number of hydrogen-bond acceptors (Lipinski definition) is 6. The number of hydrogen-bond donors (Lipinski definition) is 0. The van der Waals surface area contributed by atoms with Crippen molar-refractivity contribution in [2.24, 2.45) is 0 Å². The van der Waals surface area contributed by atoms with Gasteiger partial charge in [0.2, 0.25) is 6.10 Å². The molecule has 0 spiro atoms. The summed E-state index contributed by atoms with van der Waals surface area (Å²) in [4.78, 5) is 39.7. The Kier molecular flexibility index (Phi) is 4.59. The molecular formula is C17H18N2O5. The van der Waals surface area contributed by atoms with E-state index >= 15 is 0 Å². The summed E-state index contributed by atoms with van der Waals surface area (Å²) in [6.45, 7) is 2.55. The highest BCUT2D eigenvalue weighted by Gasteiger charge is 2.29. The molecule has 7 nitrogen and oxygen atoms in total. The third kappa shape index (κ3) is 3.29. The van der Waals surface area contributed by atoms with E-state index in [0.717, 1.165) is 5.56 Å². The van der Waals surface area contributed by atoms with Gasteiger partial charge in [0, 0.05) is 19.4 Å². The summed E-state index contributed by atoms with van der Waals surface area (Å²) in [6, 6.07) is 5.47. The van der Waals surface area contributed by atoms with Gasteiger partial charge in [-0.15, -0.1) is 0 Å². The monoisotopic (exact) mass is 330 g/mol. The second kappa shape index (κ2) is 6.82. The molecule has 1 aromatic carbocycles. The SMILES string of the molecule is Cc1cccc2c(=O)n(CCCC(=O)O[C@@H]3CCOC3=O)cnc12. The summed E-state index contributed by atoms with van der Waals surface area (Å²) in [5, 5.41) is 0.564. The number of aryl methyl sites for hydroxylation is 2. The van der Waals surface area contributed by atoms with Gasteiger partial charge in [-0.05, 0) is 25.0 Å². The largest absolute Gasteiger partial charge is 0.463 e. The van der Waals surface area contributed by atoms with Crippen molar-refractivity contribution in [1.82, 2.24) is 9.55 Å². The van der Waals surface area contributed by atoms with Gasteiger partial charge >= 0.3 is 11.9 Å². The molecule has 3 rings (SSSR count). The zero-order chi connectivity index (χ0) is 17.1. The van der Waals surface area contributed by atoms with Gasteiger partial charge in [-0.25, -0.2) is 9.78 Å². The van der Waals surface area contributed by atoms with E-state index in [1.165, 1.54) is 10.9 Å². The van der Waals surface area contributed by atoms with Gasteiger partial charge in [-0.3, -0.25) is 14.2 Å². The van der Waals surface area contributed by atoms with Crippen LogP contribution in [0.5, 0.6) is 0 Å². The van der Waals surface area contributed by atoms with Crippen LogP contribution in [0.15, 0.2) is 29.3 Å². The molecule has 24 heavy (non-hydrogen) atoms. The fourth-order valence-corrected chi connectivity index (χ4v) is 2.69. The van der Waals surface area contributed by atoms with Crippen molar-refractivity contribution in [3.8, 4) is 0 Å². The van der Waals surface area contributed by atoms with Crippen LogP contribution in [-0.2, 0) is 25.6 Å². The zero-order valence-electron chi connectivity index (χ0n) is 13.4. The topological polar surface area (TPSA) is 87.5 Å². The lowest BCUT2D eigenvalue weighted by molar-refractivity contribution is -0.160. The normalized spacial score (nSPS) is 17.0. The number of esters is 2. The van der Waals surface area contributed by atoms with Gasteiger partial charge in [0.05, 0.1) is 23.8 Å². The van der Waals surface area contributed by atoms with Crippen LogP contribution in [-0.4, -0.2) is 34.2 Å². The molecule has 1 saturated heterocycles. The molecule has 7 heteroatoms. The molecule has 1 fully saturated rings. The molecular weight excluding hydrogens is 312 g/mol. The maximum Gasteiger partial charge on any atom is 0.347 e. The van der Waals surface area contributed by atoms with E-state index in [2.05, 4.69) is 4.98 Å². The van der Waals surface area contributed by atoms with Crippen molar-refractivity contribution in [2.45, 2.75) is 38.8 Å². The Morgan fingerprint density at radius 1 is 1.42 bits per heavy atom. The van der Waals surface area contributed by atoms with Gasteiger partial charge in [0.15, 0.2) is 0 Å². The van der Waals surface area contributed by atoms with Crippen molar-refractivity contribution in [2.75, 3.05) is 6.61 Å². The molecule has 2 aromatic rings. The highest BCUT2D eigenvalue weighted by atomic mass is 16.6. The van der Waals surface area contributed by atoms with Gasteiger partial charge in [-0.2, -0.15) is 0 Å². The van der Waals surface area contributed by atoms with Crippen molar-refractivity contribution in [3.63, 3.8) is 0 Å². The van der Waals surface area contributed by atoms with Crippen molar-refractivity contribution >= 4 is 22.8 Å². The van der Waals surface area contributed by atoms with Crippen molar-refractivity contribution in [1.29, 1.82) is 0 Å². The first kappa shape index (κ1) is 16.2. The van der Waals surface area contributed by atoms with E-state index in [0.29, 0.717) is 30.3 Å². The number of carbonyl (C=O) groups excluding carboxylic acids is 2. The quantitative estimate of drug-likeness (QED) is 0.769. The van der Waals surface area contributed by atoms with Crippen LogP contribution in [0, 0.1) is 6.92 Å². The number of ether oxygens (including phenoxy) is 2. The van der Waals surface area contributed by atoms with Crippen LogP contribution in [0.1, 0.15) is 24.8 Å². The minimum absolute atomic E-state index is 0.127. The number of carbonyl (C=O) groups is 2. The molecule has 126 valence electrons. The third-order valence-corrected chi connectivity index (χ3v) is 4.00. The lowest BCUT2D eigenvalue weighted by Crippen LogP contribution is -2.24. The maximum absolute atomic E-state index is 12.4. The van der Waals surface area contributed by atoms with E-state index < -0.39 is 18.0 Å². The summed E-state index contributed by atoms with van der Waals surface area (Å²) in [7, 11) is 0. The Bertz CT molecular complexity index is 842. The zero-order valence-corrected chi connectivity index (χ0v) is 13.4. The molecule has 0 saturated carbocycles. The molecule has 0 N–H and O–H groups in total. The highest BCUT2D eigenvalue weighted by Crippen LogP contribution is 2.13. The fourth-order valence-electron chi connectivity index (χ4n) is 2.69. The molecule has 0 unspecified atom stereocenters. The van der Waals surface area contributed by atoms with E-state index in [1.54, 1.807) is 6.07 Å². The van der Waals surface area contributed by atoms with Crippen LogP contribution in [0.2, 0.25) is 0 Å². The van der Waals surface area contributed by atoms with Crippen molar-refractivity contribution < 1.29 is 19.1 Å². The minimum atomic E-state index is -0.787. The second-order valence-corrected chi connectivity index (χ2v) is 5.75. The van der Waals surface area contributed by atoms with E-state index in [-0.39, 0.29) is 18.6 Å². The number of fused-ring (bicyclic) bond motifs is 1. The van der Waals surface area contributed by atoms with E-state index in [4.69, 9.17) is 9.47 Å². The average Bonchev–Trinajstić information content (AvgIpc) is 2.95. The van der Waals surface area contributed by atoms with Crippen LogP contribution >= 0.6 is 0 Å². The molecule has 1 aliphatic heterocycles. The first-order valence-corrected chi connectivity index (χ1v) is 7.87. The van der Waals surface area contributed by atoms with Crippen LogP contribution in [0.25, 0.3) is 10.9 Å². The van der Waals surface area contributed by atoms with Gasteiger partial charge < -0.3 is 9.47 Å². The molecule has 1 aliphatic rings. The first-order chi connectivity index (χ1) is 11.6. The van der Waals surface area contributed by atoms with Crippen LogP contribution in [0.3, 0.4) is 0 Å².